The molecule has 158 valence electrons. The predicted molar refractivity (Wildman–Crippen MR) is 98.3 cm³/mol. The molecule has 0 fully saturated rings. The second kappa shape index (κ2) is 8.76. The monoisotopic (exact) mass is 443 g/mol. The first-order valence-electron chi connectivity index (χ1n) is 8.44. The van der Waals surface area contributed by atoms with Gasteiger partial charge in [0.05, 0.1) is 4.90 Å². The molecule has 0 saturated carbocycles. The number of hydrogen-bond donors (Lipinski definition) is 2. The van der Waals surface area contributed by atoms with Gasteiger partial charge in [-0.05, 0) is 35.4 Å². The van der Waals surface area contributed by atoms with Crippen molar-refractivity contribution in [2.24, 2.45) is 0 Å². The van der Waals surface area contributed by atoms with E-state index in [1.807, 2.05) is 0 Å². The van der Waals surface area contributed by atoms with Crippen molar-refractivity contribution in [3.05, 3.63) is 89.0 Å². The molecule has 0 radical (unpaired) electrons. The normalized spacial score (nSPS) is 11.5. The predicted octanol–water partition coefficient (Wildman–Crippen LogP) is 3.87. The van der Waals surface area contributed by atoms with Crippen LogP contribution in [0.5, 0.6) is 0 Å². The SMILES string of the molecule is O=S(=O)(NCc1cccc(F)c1)c1cccc(CNc2c(F)c(F)nc(F)c2F)c1. The fraction of sp³-hybridized carbons (Fsp3) is 0.105. The summed E-state index contributed by atoms with van der Waals surface area (Å²) in [5.41, 5.74) is -0.387. The fourth-order valence-electron chi connectivity index (χ4n) is 2.56. The number of hydrogen-bond acceptors (Lipinski definition) is 4. The smallest absolute Gasteiger partial charge is 0.253 e. The van der Waals surface area contributed by atoms with Crippen LogP contribution in [0.3, 0.4) is 0 Å². The molecule has 2 N–H and O–H groups in total. The van der Waals surface area contributed by atoms with Crippen LogP contribution in [0.25, 0.3) is 0 Å². The summed E-state index contributed by atoms with van der Waals surface area (Å²) < 4.78 is 94.1. The molecule has 0 atom stereocenters. The molecule has 1 aromatic heterocycles. The fourth-order valence-corrected chi connectivity index (χ4v) is 3.65. The Morgan fingerprint density at radius 2 is 1.40 bits per heavy atom. The molecule has 0 aliphatic carbocycles. The summed E-state index contributed by atoms with van der Waals surface area (Å²) in [5, 5.41) is 2.20. The highest BCUT2D eigenvalue weighted by atomic mass is 32.2. The van der Waals surface area contributed by atoms with Crippen LogP contribution in [-0.2, 0) is 23.1 Å². The van der Waals surface area contributed by atoms with Gasteiger partial charge in [-0.3, -0.25) is 0 Å². The average Bonchev–Trinajstić information content (AvgIpc) is 2.71. The lowest BCUT2D eigenvalue weighted by Crippen LogP contribution is -2.23. The molecule has 11 heteroatoms. The molecule has 1 heterocycles. The van der Waals surface area contributed by atoms with Gasteiger partial charge in [0.15, 0.2) is 0 Å². The van der Waals surface area contributed by atoms with Crippen LogP contribution in [0.15, 0.2) is 53.4 Å². The van der Waals surface area contributed by atoms with Gasteiger partial charge in [-0.25, -0.2) is 17.5 Å². The maximum Gasteiger partial charge on any atom is 0.253 e. The molecule has 2 aromatic carbocycles. The Hall–Kier alpha value is -3.05. The number of nitrogens with one attached hydrogen (secondary N) is 2. The second-order valence-electron chi connectivity index (χ2n) is 6.15. The summed E-state index contributed by atoms with van der Waals surface area (Å²) in [6, 6.07) is 10.7. The number of anilines is 1. The standard InChI is InChI=1S/C19H14F5N3O2S/c20-13-5-1-3-11(7-13)10-26-30(28,29)14-6-2-4-12(8-14)9-25-17-15(21)18(23)27-19(24)16(17)22/h1-8,26H,9-10H2,(H,25,27). The average molecular weight is 443 g/mol. The Balaban J connectivity index is 1.74. The van der Waals surface area contributed by atoms with Crippen molar-refractivity contribution in [3.8, 4) is 0 Å². The number of rotatable bonds is 7. The Labute approximate surface area is 168 Å². The van der Waals surface area contributed by atoms with Gasteiger partial charge in [0.25, 0.3) is 11.9 Å². The molecule has 0 amide bonds. The maximum absolute atomic E-state index is 13.7. The molecule has 5 nitrogen and oxygen atoms in total. The zero-order valence-electron chi connectivity index (χ0n) is 15.1. The molecule has 30 heavy (non-hydrogen) atoms. The van der Waals surface area contributed by atoms with Crippen molar-refractivity contribution in [2.45, 2.75) is 18.0 Å². The largest absolute Gasteiger partial charge is 0.376 e. The number of benzene rings is 2. The first-order chi connectivity index (χ1) is 14.2. The van der Waals surface area contributed by atoms with Crippen molar-refractivity contribution in [1.82, 2.24) is 9.71 Å². The summed E-state index contributed by atoms with van der Waals surface area (Å²) in [4.78, 5) is 2.29. The van der Waals surface area contributed by atoms with E-state index in [9.17, 15) is 30.4 Å². The summed E-state index contributed by atoms with van der Waals surface area (Å²) >= 11 is 0. The number of pyridine rings is 1. The van der Waals surface area contributed by atoms with Gasteiger partial charge < -0.3 is 5.32 Å². The lowest BCUT2D eigenvalue weighted by Gasteiger charge is -2.11. The quantitative estimate of drug-likeness (QED) is 0.430. The number of aromatic nitrogens is 1. The minimum absolute atomic E-state index is 0.158. The Morgan fingerprint density at radius 3 is 2.03 bits per heavy atom. The molecular weight excluding hydrogens is 429 g/mol. The van der Waals surface area contributed by atoms with Gasteiger partial charge in [-0.15, -0.1) is 0 Å². The van der Waals surface area contributed by atoms with E-state index in [4.69, 9.17) is 0 Å². The molecule has 0 saturated heterocycles. The van der Waals surface area contributed by atoms with E-state index >= 15 is 0 Å². The van der Waals surface area contributed by atoms with Gasteiger partial charge >= 0.3 is 0 Å². The van der Waals surface area contributed by atoms with Crippen molar-refractivity contribution >= 4 is 15.7 Å². The second-order valence-corrected chi connectivity index (χ2v) is 7.92. The van der Waals surface area contributed by atoms with Gasteiger partial charge in [0.1, 0.15) is 11.5 Å². The van der Waals surface area contributed by atoms with E-state index in [1.54, 1.807) is 6.07 Å². The maximum atomic E-state index is 13.7. The minimum Gasteiger partial charge on any atom is -0.376 e. The van der Waals surface area contributed by atoms with Gasteiger partial charge in [0.2, 0.25) is 21.7 Å². The molecule has 0 spiro atoms. The third-order valence-electron chi connectivity index (χ3n) is 4.03. The van der Waals surface area contributed by atoms with E-state index in [0.717, 1.165) is 0 Å². The van der Waals surface area contributed by atoms with Crippen molar-refractivity contribution in [1.29, 1.82) is 0 Å². The molecular formula is C19H14F5N3O2S. The van der Waals surface area contributed by atoms with E-state index in [-0.39, 0.29) is 23.5 Å². The lowest BCUT2D eigenvalue weighted by molar-refractivity contribution is 0.410. The first-order valence-corrected chi connectivity index (χ1v) is 9.92. The van der Waals surface area contributed by atoms with Crippen molar-refractivity contribution < 1.29 is 30.4 Å². The Bertz CT molecular complexity index is 1160. The Morgan fingerprint density at radius 1 is 0.800 bits per heavy atom. The highest BCUT2D eigenvalue weighted by Crippen LogP contribution is 2.23. The van der Waals surface area contributed by atoms with Crippen LogP contribution in [0.1, 0.15) is 11.1 Å². The lowest BCUT2D eigenvalue weighted by atomic mass is 10.2. The van der Waals surface area contributed by atoms with Crippen LogP contribution in [0, 0.1) is 29.3 Å². The summed E-state index contributed by atoms with van der Waals surface area (Å²) in [6.07, 6.45) is 0. The van der Waals surface area contributed by atoms with E-state index in [1.165, 1.54) is 42.5 Å². The summed E-state index contributed by atoms with van der Waals surface area (Å²) in [6.45, 7) is -0.488. The molecule has 0 bridgehead atoms. The van der Waals surface area contributed by atoms with Crippen molar-refractivity contribution in [2.75, 3.05) is 5.32 Å². The first kappa shape index (κ1) is 21.7. The molecule has 0 aliphatic heterocycles. The number of sulfonamides is 1. The summed E-state index contributed by atoms with van der Waals surface area (Å²) in [5.74, 6) is -7.53. The number of nitrogens with zero attached hydrogens (tertiary/aromatic N) is 1. The van der Waals surface area contributed by atoms with Gasteiger partial charge in [0, 0.05) is 13.1 Å². The Kier molecular flexibility index (Phi) is 6.32. The summed E-state index contributed by atoms with van der Waals surface area (Å²) in [7, 11) is -3.98. The van der Waals surface area contributed by atoms with Crippen LogP contribution < -0.4 is 10.0 Å². The van der Waals surface area contributed by atoms with Crippen LogP contribution in [-0.4, -0.2) is 13.4 Å². The zero-order valence-corrected chi connectivity index (χ0v) is 15.9. The van der Waals surface area contributed by atoms with Crippen molar-refractivity contribution in [3.63, 3.8) is 0 Å². The van der Waals surface area contributed by atoms with E-state index in [0.29, 0.717) is 5.56 Å². The highest BCUT2D eigenvalue weighted by Gasteiger charge is 2.21. The minimum atomic E-state index is -3.98. The third-order valence-corrected chi connectivity index (χ3v) is 5.43. The van der Waals surface area contributed by atoms with Crippen LogP contribution in [0.2, 0.25) is 0 Å². The van der Waals surface area contributed by atoms with Crippen LogP contribution in [0.4, 0.5) is 27.6 Å². The van der Waals surface area contributed by atoms with Crippen LogP contribution >= 0.6 is 0 Å². The van der Waals surface area contributed by atoms with E-state index < -0.39 is 45.1 Å². The van der Waals surface area contributed by atoms with Gasteiger partial charge in [-0.1, -0.05) is 24.3 Å². The topological polar surface area (TPSA) is 71.1 Å². The third kappa shape index (κ3) is 4.92. The zero-order chi connectivity index (χ0) is 21.9. The molecule has 0 aliphatic rings. The molecule has 3 aromatic rings. The molecule has 3 rings (SSSR count). The number of halogens is 5. The van der Waals surface area contributed by atoms with E-state index in [2.05, 4.69) is 15.0 Å². The van der Waals surface area contributed by atoms with Gasteiger partial charge in [-0.2, -0.15) is 22.5 Å². The molecule has 0 unspecified atom stereocenters. The highest BCUT2D eigenvalue weighted by molar-refractivity contribution is 7.89.